The van der Waals surface area contributed by atoms with E-state index in [0.717, 1.165) is 32.1 Å². The fraction of sp³-hybridized carbons (Fsp3) is 0.500. The van der Waals surface area contributed by atoms with Gasteiger partial charge in [0.15, 0.2) is 5.78 Å². The topological polar surface area (TPSA) is 85.7 Å². The molecule has 2 aromatic rings. The van der Waals surface area contributed by atoms with Gasteiger partial charge in [0.05, 0.1) is 18.6 Å². The summed E-state index contributed by atoms with van der Waals surface area (Å²) >= 11 is 0. The summed E-state index contributed by atoms with van der Waals surface area (Å²) in [6.45, 7) is 5.64. The van der Waals surface area contributed by atoms with E-state index in [2.05, 4.69) is 0 Å². The lowest BCUT2D eigenvalue weighted by atomic mass is 9.95. The Labute approximate surface area is 190 Å². The molecule has 0 saturated heterocycles. The van der Waals surface area contributed by atoms with Gasteiger partial charge in [-0.05, 0) is 51.3 Å². The van der Waals surface area contributed by atoms with Crippen LogP contribution in [0.3, 0.4) is 0 Å². The van der Waals surface area contributed by atoms with E-state index in [9.17, 15) is 18.0 Å². The number of methoxy groups -OCH3 is 1. The van der Waals surface area contributed by atoms with Crippen molar-refractivity contribution < 1.29 is 22.7 Å². The lowest BCUT2D eigenvalue weighted by Crippen LogP contribution is -2.44. The predicted molar refractivity (Wildman–Crippen MR) is 122 cm³/mol. The second-order valence-corrected chi connectivity index (χ2v) is 10.1. The van der Waals surface area contributed by atoms with Crippen molar-refractivity contribution in [3.63, 3.8) is 0 Å². The summed E-state index contributed by atoms with van der Waals surface area (Å²) in [5.41, 5.74) is 1.92. The summed E-state index contributed by atoms with van der Waals surface area (Å²) in [5, 5.41) is 0. The first-order valence-corrected chi connectivity index (χ1v) is 12.6. The van der Waals surface area contributed by atoms with E-state index in [4.69, 9.17) is 4.74 Å². The van der Waals surface area contributed by atoms with Crippen molar-refractivity contribution in [3.05, 3.63) is 52.8 Å². The lowest BCUT2D eigenvalue weighted by Gasteiger charge is -2.33. The van der Waals surface area contributed by atoms with Gasteiger partial charge in [-0.25, -0.2) is 13.2 Å². The normalized spacial score (nSPS) is 15.2. The van der Waals surface area contributed by atoms with Crippen LogP contribution in [0.1, 0.15) is 71.1 Å². The second-order valence-electron chi connectivity index (χ2n) is 8.25. The molecule has 1 heterocycles. The van der Waals surface area contributed by atoms with E-state index >= 15 is 0 Å². The highest BCUT2D eigenvalue weighted by Gasteiger charge is 2.36. The number of carbonyl (C=O) groups is 2. The monoisotopic (exact) mass is 460 g/mol. The van der Waals surface area contributed by atoms with Gasteiger partial charge in [0.25, 0.3) is 0 Å². The Morgan fingerprint density at radius 1 is 1.09 bits per heavy atom. The van der Waals surface area contributed by atoms with E-state index in [0.29, 0.717) is 29.1 Å². The van der Waals surface area contributed by atoms with Crippen molar-refractivity contribution >= 4 is 21.8 Å². The maximum atomic E-state index is 13.5. The standard InChI is InChI=1S/C24H32N2O5S/c1-5-25-18(3)22(17(2)23(25)24(28)31-4)21(27)16-26(19-12-8-6-9-13-19)32(29,30)20-14-10-7-11-15-20/h7,10-11,14-15,19H,5-6,8-9,12-13,16H2,1-4H3. The molecule has 7 nitrogen and oxygen atoms in total. The average Bonchev–Trinajstić information content (AvgIpc) is 3.07. The molecule has 174 valence electrons. The number of benzene rings is 1. The molecule has 1 aromatic heterocycles. The number of hydrogen-bond acceptors (Lipinski definition) is 5. The minimum absolute atomic E-state index is 0.188. The molecule has 0 bridgehead atoms. The second kappa shape index (κ2) is 10.0. The molecule has 0 unspecified atom stereocenters. The Bertz CT molecular complexity index is 1080. The zero-order valence-corrected chi connectivity index (χ0v) is 20.1. The molecular weight excluding hydrogens is 428 g/mol. The lowest BCUT2D eigenvalue weighted by molar-refractivity contribution is 0.0587. The molecule has 3 rings (SSSR count). The highest BCUT2D eigenvalue weighted by molar-refractivity contribution is 7.89. The number of Topliss-reactive ketones (excluding diaryl/α,β-unsaturated/α-hetero) is 1. The zero-order chi connectivity index (χ0) is 23.5. The van der Waals surface area contributed by atoms with Gasteiger partial charge >= 0.3 is 5.97 Å². The number of rotatable bonds is 8. The van der Waals surface area contributed by atoms with E-state index in [1.807, 2.05) is 6.92 Å². The molecule has 0 radical (unpaired) electrons. The Morgan fingerprint density at radius 2 is 1.72 bits per heavy atom. The first-order valence-electron chi connectivity index (χ1n) is 11.1. The smallest absolute Gasteiger partial charge is 0.354 e. The Morgan fingerprint density at radius 3 is 2.28 bits per heavy atom. The average molecular weight is 461 g/mol. The molecule has 0 amide bonds. The van der Waals surface area contributed by atoms with Gasteiger partial charge in [0.2, 0.25) is 10.0 Å². The zero-order valence-electron chi connectivity index (χ0n) is 19.3. The number of aromatic nitrogens is 1. The number of carbonyl (C=O) groups excluding carboxylic acids is 2. The van der Waals surface area contributed by atoms with Crippen LogP contribution >= 0.6 is 0 Å². The first kappa shape index (κ1) is 24.2. The number of hydrogen-bond donors (Lipinski definition) is 0. The summed E-state index contributed by atoms with van der Waals surface area (Å²) in [6, 6.07) is 8.05. The maximum absolute atomic E-state index is 13.5. The molecule has 1 saturated carbocycles. The van der Waals surface area contributed by atoms with Crippen molar-refractivity contribution in [3.8, 4) is 0 Å². The van der Waals surface area contributed by atoms with Crippen LogP contribution in [0.2, 0.25) is 0 Å². The number of ether oxygens (including phenoxy) is 1. The van der Waals surface area contributed by atoms with Crippen molar-refractivity contribution in [1.82, 2.24) is 8.87 Å². The highest BCUT2D eigenvalue weighted by atomic mass is 32.2. The van der Waals surface area contributed by atoms with Crippen molar-refractivity contribution in [2.45, 2.75) is 70.4 Å². The van der Waals surface area contributed by atoms with Crippen molar-refractivity contribution in [2.24, 2.45) is 0 Å². The number of ketones is 1. The van der Waals surface area contributed by atoms with Gasteiger partial charge in [-0.1, -0.05) is 37.5 Å². The SMILES string of the molecule is CCn1c(C)c(C(=O)CN(C2CCCCC2)S(=O)(=O)c2ccccc2)c(C)c1C(=O)OC. The van der Waals surface area contributed by atoms with E-state index in [1.165, 1.54) is 11.4 Å². The fourth-order valence-corrected chi connectivity index (χ4v) is 6.45. The fourth-order valence-electron chi connectivity index (χ4n) is 4.79. The first-order chi connectivity index (χ1) is 15.2. The number of nitrogens with zero attached hydrogens (tertiary/aromatic N) is 2. The Kier molecular flexibility index (Phi) is 7.56. The number of sulfonamides is 1. The van der Waals surface area contributed by atoms with Crippen LogP contribution in [0.4, 0.5) is 0 Å². The molecule has 8 heteroatoms. The molecule has 0 spiro atoms. The summed E-state index contributed by atoms with van der Waals surface area (Å²) in [4.78, 5) is 26.1. The van der Waals surface area contributed by atoms with E-state index in [-0.39, 0.29) is 23.3 Å². The predicted octanol–water partition coefficient (Wildman–Crippen LogP) is 4.12. The van der Waals surface area contributed by atoms with Gasteiger partial charge in [-0.3, -0.25) is 4.79 Å². The molecular formula is C24H32N2O5S. The molecule has 1 aromatic carbocycles. The van der Waals surface area contributed by atoms with E-state index in [1.54, 1.807) is 48.7 Å². The summed E-state index contributed by atoms with van der Waals surface area (Å²) in [6.07, 6.45) is 4.43. The van der Waals surface area contributed by atoms with Gasteiger partial charge in [0, 0.05) is 23.8 Å². The third-order valence-corrected chi connectivity index (χ3v) is 8.28. The van der Waals surface area contributed by atoms with Crippen LogP contribution in [-0.4, -0.2) is 48.7 Å². The van der Waals surface area contributed by atoms with Gasteiger partial charge < -0.3 is 9.30 Å². The van der Waals surface area contributed by atoms with Crippen LogP contribution in [0.15, 0.2) is 35.2 Å². The third kappa shape index (κ3) is 4.52. The maximum Gasteiger partial charge on any atom is 0.354 e. The van der Waals surface area contributed by atoms with Crippen LogP contribution in [0, 0.1) is 13.8 Å². The quantitative estimate of drug-likeness (QED) is 0.437. The third-order valence-electron chi connectivity index (χ3n) is 6.37. The molecule has 1 fully saturated rings. The Hall–Kier alpha value is -2.45. The molecule has 0 atom stereocenters. The van der Waals surface area contributed by atoms with E-state index < -0.39 is 16.0 Å². The largest absolute Gasteiger partial charge is 0.464 e. The minimum Gasteiger partial charge on any atom is -0.464 e. The Balaban J connectivity index is 2.03. The molecule has 0 N–H and O–H groups in total. The minimum atomic E-state index is -3.85. The number of esters is 1. The van der Waals surface area contributed by atoms with Crippen LogP contribution in [0.25, 0.3) is 0 Å². The summed E-state index contributed by atoms with van der Waals surface area (Å²) in [7, 11) is -2.54. The van der Waals surface area contributed by atoms with Crippen LogP contribution in [0.5, 0.6) is 0 Å². The van der Waals surface area contributed by atoms with Crippen molar-refractivity contribution in [2.75, 3.05) is 13.7 Å². The van der Waals surface area contributed by atoms with Gasteiger partial charge in [0.1, 0.15) is 5.69 Å². The summed E-state index contributed by atoms with van der Waals surface area (Å²) in [5.74, 6) is -0.810. The van der Waals surface area contributed by atoms with Crippen LogP contribution in [-0.2, 0) is 21.3 Å². The molecule has 0 aliphatic heterocycles. The summed E-state index contributed by atoms with van der Waals surface area (Å²) < 4.78 is 35.1. The van der Waals surface area contributed by atoms with Gasteiger partial charge in [-0.2, -0.15) is 4.31 Å². The highest BCUT2D eigenvalue weighted by Crippen LogP contribution is 2.30. The molecule has 1 aliphatic rings. The molecule has 1 aliphatic carbocycles. The van der Waals surface area contributed by atoms with Gasteiger partial charge in [-0.15, -0.1) is 0 Å². The van der Waals surface area contributed by atoms with Crippen LogP contribution < -0.4 is 0 Å². The molecule has 32 heavy (non-hydrogen) atoms. The van der Waals surface area contributed by atoms with Crippen molar-refractivity contribution in [1.29, 1.82) is 0 Å².